The summed E-state index contributed by atoms with van der Waals surface area (Å²) < 4.78 is 14.0. The quantitative estimate of drug-likeness (QED) is 0.182. The van der Waals surface area contributed by atoms with Crippen LogP contribution < -0.4 is 4.74 Å². The summed E-state index contributed by atoms with van der Waals surface area (Å²) in [4.78, 5) is 0. The van der Waals surface area contributed by atoms with Crippen molar-refractivity contribution in [3.8, 4) is 45.1 Å². The molecule has 4 heterocycles. The number of nitrogens with zero attached hydrogens (tertiary/aromatic N) is 2. The van der Waals surface area contributed by atoms with Gasteiger partial charge in [0.25, 0.3) is 0 Å². The van der Waals surface area contributed by atoms with Crippen molar-refractivity contribution in [2.75, 3.05) is 0 Å². The minimum Gasteiger partial charge on any atom is -0.453 e. The number of rotatable bonds is 3. The van der Waals surface area contributed by atoms with Crippen LogP contribution in [0.2, 0.25) is 0 Å². The van der Waals surface area contributed by atoms with Crippen molar-refractivity contribution in [1.82, 2.24) is 9.13 Å². The van der Waals surface area contributed by atoms with Crippen molar-refractivity contribution in [1.29, 1.82) is 0 Å². The summed E-state index contributed by atoms with van der Waals surface area (Å²) in [5, 5.41) is 7.63. The molecule has 3 nitrogen and oxygen atoms in total. The molecule has 3 aromatic heterocycles. The zero-order valence-electron chi connectivity index (χ0n) is 27.9. The number of para-hydroxylation sites is 3. The predicted molar refractivity (Wildman–Crippen MR) is 219 cm³/mol. The molecule has 0 unspecified atom stereocenters. The normalized spacial score (nSPS) is 12.4. The molecule has 4 heteroatoms. The third kappa shape index (κ3) is 3.84. The van der Waals surface area contributed by atoms with E-state index in [9.17, 15) is 0 Å². The molecular weight excluding hydrogens is 653 g/mol. The third-order valence-corrected chi connectivity index (χ3v) is 12.1. The number of hydrogen-bond acceptors (Lipinski definition) is 2. The van der Waals surface area contributed by atoms with Gasteiger partial charge in [-0.05, 0) is 89.0 Å². The maximum absolute atomic E-state index is 6.58. The summed E-state index contributed by atoms with van der Waals surface area (Å²) >= 11 is 1.87. The molecule has 0 atom stereocenters. The van der Waals surface area contributed by atoms with Gasteiger partial charge >= 0.3 is 0 Å². The van der Waals surface area contributed by atoms with Crippen molar-refractivity contribution in [3.63, 3.8) is 0 Å². The van der Waals surface area contributed by atoms with Gasteiger partial charge < -0.3 is 13.9 Å². The second-order valence-electron chi connectivity index (χ2n) is 13.7. The first-order valence-electron chi connectivity index (χ1n) is 17.7. The highest BCUT2D eigenvalue weighted by molar-refractivity contribution is 7.25. The van der Waals surface area contributed by atoms with Crippen molar-refractivity contribution in [2.24, 2.45) is 0 Å². The number of aromatic nitrogens is 2. The van der Waals surface area contributed by atoms with E-state index >= 15 is 0 Å². The number of hydrogen-bond donors (Lipinski definition) is 0. The van der Waals surface area contributed by atoms with Gasteiger partial charge in [0.15, 0.2) is 11.5 Å². The fourth-order valence-corrected chi connectivity index (χ4v) is 9.77. The first-order chi connectivity index (χ1) is 25.8. The molecule has 52 heavy (non-hydrogen) atoms. The van der Waals surface area contributed by atoms with E-state index in [0.717, 1.165) is 39.5 Å². The van der Waals surface area contributed by atoms with E-state index in [4.69, 9.17) is 4.74 Å². The van der Waals surface area contributed by atoms with Crippen molar-refractivity contribution < 1.29 is 4.74 Å². The largest absolute Gasteiger partial charge is 0.453 e. The second kappa shape index (κ2) is 10.5. The summed E-state index contributed by atoms with van der Waals surface area (Å²) in [5.41, 5.74) is 11.7. The minimum absolute atomic E-state index is 0.868. The van der Waals surface area contributed by atoms with Gasteiger partial charge in [-0.15, -0.1) is 11.3 Å². The number of ether oxygens (including phenoxy) is 1. The van der Waals surface area contributed by atoms with Crippen LogP contribution in [0.4, 0.5) is 0 Å². The Hall–Kier alpha value is -6.62. The van der Waals surface area contributed by atoms with Crippen molar-refractivity contribution in [2.45, 2.75) is 0 Å². The Bertz CT molecular complexity index is 3270. The van der Waals surface area contributed by atoms with E-state index in [1.54, 1.807) is 0 Å². The molecule has 1 aliphatic rings. The molecule has 12 rings (SSSR count). The summed E-state index contributed by atoms with van der Waals surface area (Å²) in [6.07, 6.45) is 0. The third-order valence-electron chi connectivity index (χ3n) is 10.9. The highest BCUT2D eigenvalue weighted by Crippen LogP contribution is 2.47. The van der Waals surface area contributed by atoms with E-state index in [0.29, 0.717) is 0 Å². The summed E-state index contributed by atoms with van der Waals surface area (Å²) in [6.45, 7) is 0. The van der Waals surface area contributed by atoms with Crippen LogP contribution in [0.25, 0.3) is 97.4 Å². The number of fused-ring (bicyclic) bond motifs is 11. The Morgan fingerprint density at radius 1 is 0.404 bits per heavy atom. The molecule has 0 amide bonds. The van der Waals surface area contributed by atoms with Crippen LogP contribution in [-0.4, -0.2) is 9.13 Å². The average molecular weight is 681 g/mol. The molecule has 0 radical (unpaired) electrons. The van der Waals surface area contributed by atoms with Crippen molar-refractivity contribution in [3.05, 3.63) is 170 Å². The first kappa shape index (κ1) is 28.1. The minimum atomic E-state index is 0.868. The standard InChI is InChI=1S/C48H28N2OS/c1-5-15-40-34(9-1)36-13-7-16-43-48(36)50(40)42-26-21-30(28-44(42)51-43)29-19-23-32(24-20-29)49-39-14-4-2-10-35(39)38-27-31(22-25-41(38)49)33-12-8-18-46-47(33)37-11-3-6-17-45(37)52-46/h1-28H. The molecule has 11 aromatic rings. The lowest BCUT2D eigenvalue weighted by molar-refractivity contribution is 0.476. The molecule has 0 spiro atoms. The van der Waals surface area contributed by atoms with Crippen LogP contribution in [0.5, 0.6) is 11.5 Å². The van der Waals surface area contributed by atoms with E-state index in [1.807, 2.05) is 11.3 Å². The van der Waals surface area contributed by atoms with Crippen LogP contribution in [0.3, 0.4) is 0 Å². The summed E-state index contributed by atoms with van der Waals surface area (Å²) in [5.74, 6) is 1.76. The first-order valence-corrected chi connectivity index (χ1v) is 18.5. The molecule has 0 bridgehead atoms. The lowest BCUT2D eigenvalue weighted by Crippen LogP contribution is -2.04. The Labute approximate surface area is 302 Å². The SMILES string of the molecule is c1ccc2c(c1)sc1cccc(-c3ccc4c(c3)c3ccccc3n4-c3ccc(-c4ccc5c(c4)Oc4cccc6c7ccccc7n-5c46)cc3)c12. The summed E-state index contributed by atoms with van der Waals surface area (Å²) in [6, 6.07) is 61.7. The average Bonchev–Trinajstić information content (AvgIpc) is 3.87. The van der Waals surface area contributed by atoms with E-state index in [1.165, 1.54) is 69.4 Å². The van der Waals surface area contributed by atoms with Crippen LogP contribution in [0.15, 0.2) is 170 Å². The molecule has 242 valence electrons. The summed E-state index contributed by atoms with van der Waals surface area (Å²) in [7, 11) is 0. The highest BCUT2D eigenvalue weighted by Gasteiger charge is 2.24. The maximum atomic E-state index is 6.58. The van der Waals surface area contributed by atoms with Gasteiger partial charge in [-0.2, -0.15) is 0 Å². The van der Waals surface area contributed by atoms with Crippen LogP contribution >= 0.6 is 11.3 Å². The van der Waals surface area contributed by atoms with Gasteiger partial charge in [0.1, 0.15) is 0 Å². The number of benzene rings is 8. The molecule has 0 saturated carbocycles. The van der Waals surface area contributed by atoms with E-state index in [2.05, 4.69) is 179 Å². The van der Waals surface area contributed by atoms with Crippen LogP contribution in [0.1, 0.15) is 0 Å². The smallest absolute Gasteiger partial charge is 0.152 e. The highest BCUT2D eigenvalue weighted by atomic mass is 32.1. The Balaban J connectivity index is 0.961. The zero-order chi connectivity index (χ0) is 33.9. The predicted octanol–water partition coefficient (Wildman–Crippen LogP) is 13.7. The molecule has 8 aromatic carbocycles. The zero-order valence-corrected chi connectivity index (χ0v) is 28.7. The van der Waals surface area contributed by atoms with Gasteiger partial charge in [0, 0.05) is 47.4 Å². The Kier molecular flexibility index (Phi) is 5.65. The van der Waals surface area contributed by atoms with Gasteiger partial charge in [0.2, 0.25) is 0 Å². The van der Waals surface area contributed by atoms with Gasteiger partial charge in [-0.3, -0.25) is 0 Å². The number of thiophene rings is 1. The second-order valence-corrected chi connectivity index (χ2v) is 14.8. The van der Waals surface area contributed by atoms with E-state index in [-0.39, 0.29) is 0 Å². The molecular formula is C48H28N2OS. The van der Waals surface area contributed by atoms with Gasteiger partial charge in [0.05, 0.1) is 27.8 Å². The molecule has 0 saturated heterocycles. The molecule has 0 fully saturated rings. The maximum Gasteiger partial charge on any atom is 0.152 e. The fourth-order valence-electron chi connectivity index (χ4n) is 8.64. The van der Waals surface area contributed by atoms with E-state index < -0.39 is 0 Å². The fraction of sp³-hybridized carbons (Fsp3) is 0. The van der Waals surface area contributed by atoms with Gasteiger partial charge in [-0.1, -0.05) is 103 Å². The molecule has 1 aliphatic heterocycles. The van der Waals surface area contributed by atoms with Crippen molar-refractivity contribution >= 4 is 75.1 Å². The van der Waals surface area contributed by atoms with Gasteiger partial charge in [-0.25, -0.2) is 0 Å². The van der Waals surface area contributed by atoms with Crippen LogP contribution in [-0.2, 0) is 0 Å². The lowest BCUT2D eigenvalue weighted by Gasteiger charge is -2.21. The lowest BCUT2D eigenvalue weighted by atomic mass is 9.98. The molecule has 0 aliphatic carbocycles. The van der Waals surface area contributed by atoms with Crippen LogP contribution in [0, 0.1) is 0 Å². The monoisotopic (exact) mass is 680 g/mol. The molecule has 0 N–H and O–H groups in total. The Morgan fingerprint density at radius 3 is 1.92 bits per heavy atom. The topological polar surface area (TPSA) is 19.1 Å². The Morgan fingerprint density at radius 2 is 1.06 bits per heavy atom.